The molecule has 0 bridgehead atoms. The van der Waals surface area contributed by atoms with Crippen LogP contribution in [0.2, 0.25) is 15.1 Å². The van der Waals surface area contributed by atoms with E-state index in [4.69, 9.17) is 44.3 Å². The van der Waals surface area contributed by atoms with Crippen LogP contribution in [0.25, 0.3) is 0 Å². The van der Waals surface area contributed by atoms with Crippen LogP contribution in [-0.2, 0) is 40.7 Å². The maximum absolute atomic E-state index is 15.9. The van der Waals surface area contributed by atoms with E-state index in [1.165, 1.54) is 30.3 Å². The van der Waals surface area contributed by atoms with E-state index in [2.05, 4.69) is 47.8 Å². The van der Waals surface area contributed by atoms with E-state index in [1.807, 2.05) is 29.2 Å². The van der Waals surface area contributed by atoms with Crippen LogP contribution < -0.4 is 31.9 Å². The van der Waals surface area contributed by atoms with E-state index in [-0.39, 0.29) is 115 Å². The molecule has 8 rings (SSSR count). The van der Waals surface area contributed by atoms with Crippen LogP contribution in [0.5, 0.6) is 0 Å². The van der Waals surface area contributed by atoms with Crippen molar-refractivity contribution in [2.45, 2.75) is 138 Å². The van der Waals surface area contributed by atoms with Gasteiger partial charge in [0, 0.05) is 110 Å². The second kappa shape index (κ2) is 33.8. The molecule has 22 heteroatoms. The van der Waals surface area contributed by atoms with Crippen LogP contribution in [0.3, 0.4) is 0 Å². The number of rotatable bonds is 31. The molecule has 0 radical (unpaired) electrons. The van der Waals surface area contributed by atoms with Crippen LogP contribution in [0.15, 0.2) is 83.3 Å². The third kappa shape index (κ3) is 18.1. The molecule has 9 N–H and O–H groups in total. The lowest BCUT2D eigenvalue weighted by Gasteiger charge is -2.47. The maximum atomic E-state index is 15.9. The van der Waals surface area contributed by atoms with Crippen molar-refractivity contribution < 1.29 is 52.3 Å². The molecule has 89 heavy (non-hydrogen) atoms. The molecule has 4 aromatic rings. The summed E-state index contributed by atoms with van der Waals surface area (Å²) in [6.45, 7) is 5.15. The van der Waals surface area contributed by atoms with Gasteiger partial charge in [0.2, 0.25) is 17.7 Å². The first-order valence-electron chi connectivity index (χ1n) is 31.9. The number of methoxy groups -OCH3 is 1. The second-order valence-electron chi connectivity index (χ2n) is 24.9. The molecule has 15 nitrogen and oxygen atoms in total. The van der Waals surface area contributed by atoms with E-state index < -0.39 is 76.5 Å². The van der Waals surface area contributed by atoms with E-state index >= 15 is 27.6 Å². The molecule has 0 aromatic heterocycles. The molecule has 4 fully saturated rings. The topological polar surface area (TPSA) is 206 Å². The minimum Gasteiger partial charge on any atom is -0.385 e. The van der Waals surface area contributed by atoms with Gasteiger partial charge in [-0.2, -0.15) is 0 Å². The fourth-order valence-corrected chi connectivity index (χ4v) is 15.5. The highest BCUT2D eigenvalue weighted by atomic mass is 79.9. The van der Waals surface area contributed by atoms with Crippen molar-refractivity contribution in [3.05, 3.63) is 138 Å². The average molecular weight is 1360 g/mol. The average Bonchev–Trinajstić information content (AvgIpc) is 3.66. The Bertz CT molecular complexity index is 2840. The van der Waals surface area contributed by atoms with Gasteiger partial charge in [0.05, 0.1) is 45.8 Å². The number of halogens is 7. The van der Waals surface area contributed by atoms with E-state index in [9.17, 15) is 15.3 Å². The number of aliphatic hydroxyl groups is 3. The van der Waals surface area contributed by atoms with Crippen molar-refractivity contribution in [1.82, 2.24) is 36.8 Å². The lowest BCUT2D eigenvalue weighted by Crippen LogP contribution is -2.64. The Morgan fingerprint density at radius 2 is 1.24 bits per heavy atom. The number of nitrogens with one attached hydrogen (secondary N) is 6. The first kappa shape index (κ1) is 70.9. The Balaban J connectivity index is 1.11. The molecule has 4 aliphatic rings. The summed E-state index contributed by atoms with van der Waals surface area (Å²) in [7, 11) is 1.63. The Labute approximate surface area is 546 Å². The summed E-state index contributed by atoms with van der Waals surface area (Å²) in [6.07, 6.45) is 5.69. The highest BCUT2D eigenvalue weighted by molar-refractivity contribution is 9.10. The van der Waals surface area contributed by atoms with Gasteiger partial charge in [0.15, 0.2) is 0 Å². The predicted octanol–water partition coefficient (Wildman–Crippen LogP) is 10.5. The molecule has 0 saturated carbocycles. The molecular formula is C67H90BrCl3F3N7O8. The third-order valence-electron chi connectivity index (χ3n) is 19.1. The largest absolute Gasteiger partial charge is 0.385 e. The molecule has 490 valence electrons. The molecule has 0 spiro atoms. The monoisotopic (exact) mass is 1360 g/mol. The molecule has 2 unspecified atom stereocenters. The number of nitrogens with zero attached hydrogens (tertiary/aromatic N) is 1. The van der Waals surface area contributed by atoms with Crippen molar-refractivity contribution in [3.8, 4) is 0 Å². The standard InChI is InChI=1S/C67H90BrCl3F3N7O8/c1-88-34-13-35-89-62(52-18-2-3-21-55(52)68)45-14-9-33-81(44-45)64(63(84)80-32-10-24-65(85,46-15-6-27-75-41-46)49-36-50(69)38-51(72)37-49,39-58(82)78-30-11-25-66(86,47-16-7-28-76-42-47)53-19-5-23-57(73)60(53)71)40-59(83)79-31-12-26-67(87,48-17-8-29-77-43-48)54-20-4-22-56(70)61(54)74/h2-5,18-23,36-38,45-48,62,75-77,85-87H,6-17,24-35,39-44H2,1H3,(H,78,82)(H,79,83)(H,80,84)/t45-,46-,47-,48-,62?,64?,65+,66+,67+/m1/s1. The molecule has 4 saturated heterocycles. The summed E-state index contributed by atoms with van der Waals surface area (Å²) >= 11 is 23.0. The second-order valence-corrected chi connectivity index (χ2v) is 27.0. The molecular weight excluding hydrogens is 1270 g/mol. The molecule has 0 aliphatic carbocycles. The van der Waals surface area contributed by atoms with Gasteiger partial charge in [-0.1, -0.05) is 93.2 Å². The van der Waals surface area contributed by atoms with Crippen LogP contribution in [0, 0.1) is 41.1 Å². The number of ether oxygens (including phenoxy) is 2. The summed E-state index contributed by atoms with van der Waals surface area (Å²) in [5.74, 6) is -4.87. The van der Waals surface area contributed by atoms with Gasteiger partial charge in [-0.05, 0) is 170 Å². The van der Waals surface area contributed by atoms with Crippen molar-refractivity contribution in [3.63, 3.8) is 0 Å². The fraction of sp³-hybridized carbons (Fsp3) is 0.597. The van der Waals surface area contributed by atoms with Gasteiger partial charge >= 0.3 is 0 Å². The Hall–Kier alpha value is -3.93. The van der Waals surface area contributed by atoms with Gasteiger partial charge in [-0.3, -0.25) is 19.3 Å². The van der Waals surface area contributed by atoms with Crippen molar-refractivity contribution in [1.29, 1.82) is 0 Å². The minimum absolute atomic E-state index is 0.000703. The zero-order chi connectivity index (χ0) is 63.6. The van der Waals surface area contributed by atoms with Crippen LogP contribution >= 0.6 is 50.7 Å². The highest BCUT2D eigenvalue weighted by Gasteiger charge is 2.51. The lowest BCUT2D eigenvalue weighted by atomic mass is 9.74. The SMILES string of the molecule is COCCCOC(c1ccccc1Br)[C@@H]1CCCN(C(CC(=O)NCCC[C@@](O)(c2cccc(Cl)c2F)[C@@H]2CCCNC2)(CC(=O)NCCC[C@@](O)(c2cccc(F)c2Cl)[C@@H]2CCCNC2)C(=O)NCCC[C@@](O)(c2cc(F)cc(Cl)c2)[C@@H]2CCCNC2)C1. The molecule has 4 aromatic carbocycles. The summed E-state index contributed by atoms with van der Waals surface area (Å²) in [5.41, 5.74) is -5.02. The van der Waals surface area contributed by atoms with Gasteiger partial charge < -0.3 is 56.7 Å². The summed E-state index contributed by atoms with van der Waals surface area (Å²) in [5, 5.41) is 56.8. The number of hydrogen-bond acceptors (Lipinski definition) is 12. The zero-order valence-electron chi connectivity index (χ0n) is 51.1. The third-order valence-corrected chi connectivity index (χ3v) is 20.7. The first-order valence-corrected chi connectivity index (χ1v) is 33.8. The quantitative estimate of drug-likeness (QED) is 0.0216. The van der Waals surface area contributed by atoms with Crippen LogP contribution in [-0.4, -0.2) is 136 Å². The van der Waals surface area contributed by atoms with Crippen molar-refractivity contribution in [2.24, 2.45) is 23.7 Å². The summed E-state index contributed by atoms with van der Waals surface area (Å²) < 4.78 is 58.9. The van der Waals surface area contributed by atoms with Crippen LogP contribution in [0.1, 0.15) is 138 Å². The summed E-state index contributed by atoms with van der Waals surface area (Å²) in [6, 6.07) is 20.8. The predicted molar refractivity (Wildman–Crippen MR) is 345 cm³/mol. The molecule has 9 atom stereocenters. The van der Waals surface area contributed by atoms with E-state index in [1.54, 1.807) is 31.4 Å². The van der Waals surface area contributed by atoms with Gasteiger partial charge in [-0.15, -0.1) is 0 Å². The summed E-state index contributed by atoms with van der Waals surface area (Å²) in [4.78, 5) is 47.9. The number of likely N-dealkylation sites (tertiary alicyclic amines) is 1. The number of carbonyl (C=O) groups excluding carboxylic acids is 3. The van der Waals surface area contributed by atoms with Crippen molar-refractivity contribution in [2.75, 3.05) is 92.3 Å². The lowest BCUT2D eigenvalue weighted by molar-refractivity contribution is -0.146. The van der Waals surface area contributed by atoms with Gasteiger partial charge in [-0.25, -0.2) is 13.2 Å². The fourth-order valence-electron chi connectivity index (χ4n) is 14.3. The molecule has 4 heterocycles. The Morgan fingerprint density at radius 3 is 1.82 bits per heavy atom. The number of carbonyl (C=O) groups is 3. The first-order chi connectivity index (χ1) is 42.8. The normalized spacial score (nSPS) is 22.4. The van der Waals surface area contributed by atoms with E-state index in [0.717, 1.165) is 48.9 Å². The van der Waals surface area contributed by atoms with Crippen LogP contribution in [0.4, 0.5) is 13.2 Å². The number of hydrogen-bond donors (Lipinski definition) is 9. The molecule has 4 aliphatic heterocycles. The highest BCUT2D eigenvalue weighted by Crippen LogP contribution is 2.45. The number of piperidine rings is 4. The minimum atomic E-state index is -1.86. The van der Waals surface area contributed by atoms with Gasteiger partial charge in [0.25, 0.3) is 0 Å². The number of amides is 3. The smallest absolute Gasteiger partial charge is 0.241 e. The Morgan fingerprint density at radius 1 is 0.674 bits per heavy atom. The van der Waals surface area contributed by atoms with E-state index in [0.29, 0.717) is 83.5 Å². The Kier molecular flexibility index (Phi) is 26.9. The maximum Gasteiger partial charge on any atom is 0.241 e. The zero-order valence-corrected chi connectivity index (χ0v) is 54.9. The van der Waals surface area contributed by atoms with Crippen molar-refractivity contribution >= 4 is 68.5 Å². The van der Waals surface area contributed by atoms with Gasteiger partial charge in [0.1, 0.15) is 23.0 Å². The number of benzene rings is 4. The molecule has 3 amide bonds.